The van der Waals surface area contributed by atoms with Gasteiger partial charge in [0, 0.05) is 57.6 Å². The number of carboxylic acid groups (broad SMARTS) is 3. The number of carbonyl (C=O) groups excluding carboxylic acids is 4. The summed E-state index contributed by atoms with van der Waals surface area (Å²) >= 11 is 0. The highest BCUT2D eigenvalue weighted by atomic mass is 16.5. The Hall–Kier alpha value is -4.22. The fourth-order valence-corrected chi connectivity index (χ4v) is 4.09. The molecule has 0 unspecified atom stereocenters. The predicted octanol–water partition coefficient (Wildman–Crippen LogP) is -2.06. The molecule has 0 radical (unpaired) electrons. The second-order valence-electron chi connectivity index (χ2n) is 9.69. The number of amides is 3. The molecule has 17 heteroatoms. The van der Waals surface area contributed by atoms with Gasteiger partial charge in [-0.2, -0.15) is 0 Å². The number of hydrogen-bond acceptors (Lipinski definition) is 12. The van der Waals surface area contributed by atoms with E-state index in [9.17, 15) is 38.7 Å². The molecule has 43 heavy (non-hydrogen) atoms. The third-order valence-corrected chi connectivity index (χ3v) is 6.12. The number of nitrogens with one attached hydrogen (secondary N) is 2. The van der Waals surface area contributed by atoms with Crippen LogP contribution >= 0.6 is 0 Å². The number of carbonyl (C=O) groups is 7. The van der Waals surface area contributed by atoms with Crippen molar-refractivity contribution in [1.82, 2.24) is 24.9 Å². The Labute approximate surface area is 248 Å². The minimum Gasteiger partial charge on any atom is -0.480 e. The number of rotatable bonds is 25. The van der Waals surface area contributed by atoms with Gasteiger partial charge in [-0.1, -0.05) is 12.8 Å². The lowest BCUT2D eigenvalue weighted by atomic mass is 10.2. The van der Waals surface area contributed by atoms with Crippen molar-refractivity contribution in [3.63, 3.8) is 0 Å². The third kappa shape index (κ3) is 17.4. The molecule has 0 spiro atoms. The Balaban J connectivity index is 2.65. The van der Waals surface area contributed by atoms with Crippen molar-refractivity contribution in [3.05, 3.63) is 12.2 Å². The van der Waals surface area contributed by atoms with Gasteiger partial charge in [0.05, 0.1) is 32.7 Å². The van der Waals surface area contributed by atoms with E-state index in [0.29, 0.717) is 25.9 Å². The highest BCUT2D eigenvalue weighted by molar-refractivity contribution is 6.12. The van der Waals surface area contributed by atoms with Crippen LogP contribution in [0.15, 0.2) is 12.2 Å². The van der Waals surface area contributed by atoms with Crippen molar-refractivity contribution < 1.29 is 53.6 Å². The van der Waals surface area contributed by atoms with Gasteiger partial charge in [0.2, 0.25) is 5.91 Å². The van der Waals surface area contributed by atoms with Crippen LogP contribution in [-0.4, -0.2) is 161 Å². The summed E-state index contributed by atoms with van der Waals surface area (Å²) < 4.78 is 4.79. The molecule has 0 aliphatic carbocycles. The molecule has 1 aliphatic rings. The number of imide groups is 1. The topological polar surface area (TPSA) is 238 Å². The molecule has 0 saturated carbocycles. The summed E-state index contributed by atoms with van der Waals surface area (Å²) in [6.45, 7) is -1.50. The molecule has 0 bridgehead atoms. The number of nitrogens with zero attached hydrogens (tertiary/aromatic N) is 4. The van der Waals surface area contributed by atoms with Crippen molar-refractivity contribution in [2.24, 2.45) is 0 Å². The number of esters is 1. The molecule has 0 fully saturated rings. The van der Waals surface area contributed by atoms with Gasteiger partial charge >= 0.3 is 23.9 Å². The summed E-state index contributed by atoms with van der Waals surface area (Å²) in [6.07, 6.45) is 6.09. The van der Waals surface area contributed by atoms with Crippen LogP contribution in [0.3, 0.4) is 0 Å². The maximum atomic E-state index is 12.7. The van der Waals surface area contributed by atoms with Crippen molar-refractivity contribution in [2.45, 2.75) is 25.7 Å². The smallest absolute Gasteiger partial charge is 0.320 e. The van der Waals surface area contributed by atoms with Gasteiger partial charge in [0.1, 0.15) is 6.61 Å². The van der Waals surface area contributed by atoms with E-state index in [-0.39, 0.29) is 63.6 Å². The van der Waals surface area contributed by atoms with Crippen LogP contribution in [0.4, 0.5) is 0 Å². The van der Waals surface area contributed by atoms with E-state index >= 15 is 0 Å². The van der Waals surface area contributed by atoms with Crippen molar-refractivity contribution in [1.29, 1.82) is 5.41 Å². The van der Waals surface area contributed by atoms with Gasteiger partial charge < -0.3 is 30.8 Å². The highest BCUT2D eigenvalue weighted by Crippen LogP contribution is 2.07. The standard InChI is InChI=1S/C26H40N6O11/c27-7-14-43-26(42)19-31(18-25(40)41)13-11-29(10-12-30(16-23(36)37)17-24(38)39)15-20(33)28-8-3-1-2-4-9-32-21(34)5-6-22(32)35/h5-7,27H,1-4,8-19H2,(H,28,33)(H,36,37)(H,38,39)(H,40,41). The molecule has 240 valence electrons. The Morgan fingerprint density at radius 2 is 1.23 bits per heavy atom. The van der Waals surface area contributed by atoms with E-state index in [4.69, 9.17) is 20.4 Å². The third-order valence-electron chi connectivity index (χ3n) is 6.12. The Kier molecular flexibility index (Phi) is 17.7. The molecule has 1 heterocycles. The van der Waals surface area contributed by atoms with Crippen LogP contribution in [0, 0.1) is 5.41 Å². The first-order valence-electron chi connectivity index (χ1n) is 13.7. The zero-order valence-electron chi connectivity index (χ0n) is 23.9. The van der Waals surface area contributed by atoms with E-state index in [1.165, 1.54) is 26.9 Å². The van der Waals surface area contributed by atoms with Crippen LogP contribution in [0.5, 0.6) is 0 Å². The average molecular weight is 613 g/mol. The van der Waals surface area contributed by atoms with Gasteiger partial charge in [-0.15, -0.1) is 0 Å². The largest absolute Gasteiger partial charge is 0.480 e. The van der Waals surface area contributed by atoms with Crippen LogP contribution < -0.4 is 5.32 Å². The summed E-state index contributed by atoms with van der Waals surface area (Å²) in [5.41, 5.74) is 0. The van der Waals surface area contributed by atoms with E-state index in [2.05, 4.69) is 5.32 Å². The molecular weight excluding hydrogens is 572 g/mol. The predicted molar refractivity (Wildman–Crippen MR) is 149 cm³/mol. The summed E-state index contributed by atoms with van der Waals surface area (Å²) in [4.78, 5) is 86.6. The maximum absolute atomic E-state index is 12.7. The first-order chi connectivity index (χ1) is 20.4. The second kappa shape index (κ2) is 20.6. The van der Waals surface area contributed by atoms with E-state index in [0.717, 1.165) is 19.1 Å². The molecule has 0 aromatic heterocycles. The fourth-order valence-electron chi connectivity index (χ4n) is 4.09. The lowest BCUT2D eigenvalue weighted by Gasteiger charge is -2.28. The van der Waals surface area contributed by atoms with Crippen LogP contribution in [0.2, 0.25) is 0 Å². The molecule has 3 amide bonds. The van der Waals surface area contributed by atoms with Crippen molar-refractivity contribution >= 4 is 47.8 Å². The van der Waals surface area contributed by atoms with Gasteiger partial charge in [-0.05, 0) is 12.8 Å². The number of unbranched alkanes of at least 4 members (excludes halogenated alkanes) is 3. The van der Waals surface area contributed by atoms with Crippen LogP contribution in [-0.2, 0) is 38.3 Å². The quantitative estimate of drug-likeness (QED) is 0.0323. The molecule has 0 atom stereocenters. The lowest BCUT2D eigenvalue weighted by Crippen LogP contribution is -2.47. The molecule has 1 rings (SSSR count). The number of hydrogen-bond donors (Lipinski definition) is 5. The SMILES string of the molecule is N=CCOC(=O)CN(CCN(CCN(CC(=O)O)CC(=O)O)CC(=O)NCCCCCCN1C(=O)C=CC1=O)CC(=O)O. The molecular formula is C26H40N6O11. The monoisotopic (exact) mass is 612 g/mol. The summed E-state index contributed by atoms with van der Waals surface area (Å²) in [5, 5.41) is 37.1. The normalized spacial score (nSPS) is 12.8. The zero-order valence-corrected chi connectivity index (χ0v) is 23.9. The van der Waals surface area contributed by atoms with E-state index in [1.54, 1.807) is 4.90 Å². The van der Waals surface area contributed by atoms with Crippen LogP contribution in [0.25, 0.3) is 0 Å². The van der Waals surface area contributed by atoms with E-state index in [1.807, 2.05) is 0 Å². The molecule has 5 N–H and O–H groups in total. The minimum atomic E-state index is -1.23. The van der Waals surface area contributed by atoms with E-state index < -0.39 is 43.5 Å². The summed E-state index contributed by atoms with van der Waals surface area (Å²) in [6, 6.07) is 0. The summed E-state index contributed by atoms with van der Waals surface area (Å²) in [5.74, 6) is -5.41. The Morgan fingerprint density at radius 3 is 1.74 bits per heavy atom. The number of carboxylic acids is 3. The Morgan fingerprint density at radius 1 is 0.744 bits per heavy atom. The van der Waals surface area contributed by atoms with Gasteiger partial charge in [-0.25, -0.2) is 0 Å². The zero-order chi connectivity index (χ0) is 32.2. The molecule has 1 aliphatic heterocycles. The molecule has 17 nitrogen and oxygen atoms in total. The first-order valence-corrected chi connectivity index (χ1v) is 13.7. The first kappa shape index (κ1) is 36.8. The number of ether oxygens (including phenoxy) is 1. The molecule has 0 saturated heterocycles. The molecule has 0 aromatic rings. The average Bonchev–Trinajstić information content (AvgIpc) is 3.23. The maximum Gasteiger partial charge on any atom is 0.320 e. The van der Waals surface area contributed by atoms with Gasteiger partial charge in [0.15, 0.2) is 0 Å². The lowest BCUT2D eigenvalue weighted by molar-refractivity contribution is -0.145. The van der Waals surface area contributed by atoms with Crippen molar-refractivity contribution in [3.8, 4) is 0 Å². The van der Waals surface area contributed by atoms with Crippen LogP contribution in [0.1, 0.15) is 25.7 Å². The highest BCUT2D eigenvalue weighted by Gasteiger charge is 2.22. The Bertz CT molecular complexity index is 1000. The van der Waals surface area contributed by atoms with Crippen molar-refractivity contribution in [2.75, 3.05) is 78.6 Å². The minimum absolute atomic E-state index is 0.0102. The summed E-state index contributed by atoms with van der Waals surface area (Å²) in [7, 11) is 0. The number of aliphatic carboxylic acids is 3. The fraction of sp³-hybridized carbons (Fsp3) is 0.615. The second-order valence-corrected chi connectivity index (χ2v) is 9.69. The van der Waals surface area contributed by atoms with Gasteiger partial charge in [0.25, 0.3) is 11.8 Å². The van der Waals surface area contributed by atoms with Gasteiger partial charge in [-0.3, -0.25) is 53.2 Å². The molecule has 0 aromatic carbocycles.